The molecule has 8 nitrogen and oxygen atoms in total. The molecule has 166 valence electrons. The number of amides is 4. The van der Waals surface area contributed by atoms with Gasteiger partial charge >= 0.3 is 12.1 Å². The second-order valence-electron chi connectivity index (χ2n) is 7.22. The van der Waals surface area contributed by atoms with Crippen LogP contribution in [0.1, 0.15) is 19.4 Å². The lowest BCUT2D eigenvalue weighted by atomic mass is 10.2. The number of imide groups is 1. The Morgan fingerprint density at radius 2 is 1.87 bits per heavy atom. The monoisotopic (exact) mass is 434 g/mol. The zero-order chi connectivity index (χ0) is 22.5. The molecule has 1 aliphatic heterocycles. The van der Waals surface area contributed by atoms with Crippen molar-refractivity contribution in [3.8, 4) is 5.75 Å². The summed E-state index contributed by atoms with van der Waals surface area (Å²) in [5, 5.41) is 14.7. The standard InChI is InChI=1S/C21H24F2N4O4/c1-13(2)31-18-8-7-16(11-17(18)23)24-19-25-20(29)26(9-10-28)21(30)27(19)12-14-3-5-15(22)6-4-14/h3-8,11,13,19,24,28H,9-10,12H2,1-2H3,(H,25,29). The molecule has 2 aromatic rings. The van der Waals surface area contributed by atoms with E-state index in [1.807, 2.05) is 0 Å². The number of nitrogens with one attached hydrogen (secondary N) is 2. The molecule has 1 atom stereocenters. The number of carbonyl (C=O) groups is 2. The summed E-state index contributed by atoms with van der Waals surface area (Å²) in [5.41, 5.74) is 0.930. The minimum atomic E-state index is -1.00. The zero-order valence-electron chi connectivity index (χ0n) is 17.1. The first-order valence-corrected chi connectivity index (χ1v) is 9.75. The summed E-state index contributed by atoms with van der Waals surface area (Å²) in [7, 11) is 0. The Kier molecular flexibility index (Phi) is 6.91. The smallest absolute Gasteiger partial charge is 0.331 e. The fourth-order valence-corrected chi connectivity index (χ4v) is 3.08. The third kappa shape index (κ3) is 5.40. The highest BCUT2D eigenvalue weighted by molar-refractivity contribution is 5.96. The molecule has 0 saturated carbocycles. The van der Waals surface area contributed by atoms with Crippen molar-refractivity contribution >= 4 is 17.7 Å². The van der Waals surface area contributed by atoms with E-state index in [1.54, 1.807) is 19.9 Å². The van der Waals surface area contributed by atoms with Gasteiger partial charge in [0.25, 0.3) is 0 Å². The Labute approximate surface area is 178 Å². The Hall–Kier alpha value is -3.40. The van der Waals surface area contributed by atoms with Crippen molar-refractivity contribution in [1.82, 2.24) is 15.1 Å². The number of rotatable bonds is 8. The van der Waals surface area contributed by atoms with Crippen molar-refractivity contribution in [1.29, 1.82) is 0 Å². The molecule has 4 amide bonds. The average Bonchev–Trinajstić information content (AvgIpc) is 2.71. The zero-order valence-corrected chi connectivity index (χ0v) is 17.1. The summed E-state index contributed by atoms with van der Waals surface area (Å²) >= 11 is 0. The quantitative estimate of drug-likeness (QED) is 0.594. The van der Waals surface area contributed by atoms with Crippen LogP contribution in [0.3, 0.4) is 0 Å². The Morgan fingerprint density at radius 1 is 1.16 bits per heavy atom. The Bertz CT molecular complexity index is 939. The number of anilines is 1. The topological polar surface area (TPSA) is 94.1 Å². The van der Waals surface area contributed by atoms with Gasteiger partial charge in [-0.3, -0.25) is 10.2 Å². The van der Waals surface area contributed by atoms with E-state index in [4.69, 9.17) is 4.74 Å². The van der Waals surface area contributed by atoms with Crippen molar-refractivity contribution < 1.29 is 28.2 Å². The molecule has 1 fully saturated rings. The van der Waals surface area contributed by atoms with Crippen LogP contribution in [-0.4, -0.2) is 52.5 Å². The molecule has 3 N–H and O–H groups in total. The number of aliphatic hydroxyl groups excluding tert-OH is 1. The van der Waals surface area contributed by atoms with E-state index >= 15 is 0 Å². The summed E-state index contributed by atoms with van der Waals surface area (Å²) in [6.07, 6.45) is -1.21. The number of benzene rings is 2. The molecule has 1 saturated heterocycles. The molecular formula is C21H24F2N4O4. The summed E-state index contributed by atoms with van der Waals surface area (Å²) in [6.45, 7) is 3.01. The van der Waals surface area contributed by atoms with Crippen LogP contribution in [0.5, 0.6) is 5.75 Å². The molecule has 0 aliphatic carbocycles. The molecule has 31 heavy (non-hydrogen) atoms. The van der Waals surface area contributed by atoms with Gasteiger partial charge in [-0.25, -0.2) is 23.3 Å². The molecule has 3 rings (SSSR count). The first-order chi connectivity index (χ1) is 14.8. The van der Waals surface area contributed by atoms with Gasteiger partial charge in [0.1, 0.15) is 5.82 Å². The number of β-amino-alcohol motifs (C(OH)–C–C–N with tert-alkyl or cyclic N) is 1. The number of aliphatic hydroxyl groups is 1. The van der Waals surface area contributed by atoms with Crippen LogP contribution in [0.4, 0.5) is 24.1 Å². The molecule has 1 heterocycles. The van der Waals surface area contributed by atoms with E-state index < -0.39 is 36.6 Å². The highest BCUT2D eigenvalue weighted by atomic mass is 19.1. The molecule has 1 aliphatic rings. The van der Waals surface area contributed by atoms with Crippen molar-refractivity contribution in [3.05, 3.63) is 59.7 Å². The van der Waals surface area contributed by atoms with Crippen molar-refractivity contribution in [2.75, 3.05) is 18.5 Å². The van der Waals surface area contributed by atoms with Crippen molar-refractivity contribution in [3.63, 3.8) is 0 Å². The van der Waals surface area contributed by atoms with Gasteiger partial charge in [-0.1, -0.05) is 12.1 Å². The SMILES string of the molecule is CC(C)Oc1ccc(NC2NC(=O)N(CCO)C(=O)N2Cc2ccc(F)cc2)cc1F. The lowest BCUT2D eigenvalue weighted by Crippen LogP contribution is -2.67. The van der Waals surface area contributed by atoms with E-state index in [9.17, 15) is 23.5 Å². The highest BCUT2D eigenvalue weighted by Gasteiger charge is 2.38. The third-order valence-electron chi connectivity index (χ3n) is 4.48. The van der Waals surface area contributed by atoms with Crippen LogP contribution in [-0.2, 0) is 6.54 Å². The summed E-state index contributed by atoms with van der Waals surface area (Å²) in [6, 6.07) is 8.42. The fraction of sp³-hybridized carbons (Fsp3) is 0.333. The predicted molar refractivity (Wildman–Crippen MR) is 109 cm³/mol. The Morgan fingerprint density at radius 3 is 2.48 bits per heavy atom. The van der Waals surface area contributed by atoms with Gasteiger partial charge in [0.2, 0.25) is 0 Å². The second kappa shape index (κ2) is 9.61. The van der Waals surface area contributed by atoms with Crippen LogP contribution in [0, 0.1) is 11.6 Å². The van der Waals surface area contributed by atoms with Crippen LogP contribution in [0.15, 0.2) is 42.5 Å². The van der Waals surface area contributed by atoms with Gasteiger partial charge in [0.05, 0.1) is 25.8 Å². The maximum atomic E-state index is 14.4. The fourth-order valence-electron chi connectivity index (χ4n) is 3.08. The largest absolute Gasteiger partial charge is 0.488 e. The van der Waals surface area contributed by atoms with E-state index in [-0.39, 0.29) is 24.9 Å². The number of ether oxygens (including phenoxy) is 1. The third-order valence-corrected chi connectivity index (χ3v) is 4.48. The van der Waals surface area contributed by atoms with Gasteiger partial charge < -0.3 is 15.2 Å². The van der Waals surface area contributed by atoms with E-state index in [2.05, 4.69) is 10.6 Å². The average molecular weight is 434 g/mol. The summed E-state index contributed by atoms with van der Waals surface area (Å²) in [4.78, 5) is 27.4. The molecule has 2 aromatic carbocycles. The maximum Gasteiger partial charge on any atom is 0.331 e. The first kappa shape index (κ1) is 22.3. The number of hydrogen-bond donors (Lipinski definition) is 3. The molecule has 1 unspecified atom stereocenters. The van der Waals surface area contributed by atoms with Crippen LogP contribution >= 0.6 is 0 Å². The van der Waals surface area contributed by atoms with Crippen LogP contribution < -0.4 is 15.4 Å². The van der Waals surface area contributed by atoms with Gasteiger partial charge in [-0.2, -0.15) is 0 Å². The van der Waals surface area contributed by atoms with Gasteiger partial charge in [0.15, 0.2) is 17.9 Å². The predicted octanol–water partition coefficient (Wildman–Crippen LogP) is 3.09. The normalized spacial score (nSPS) is 16.5. The molecule has 0 radical (unpaired) electrons. The van der Waals surface area contributed by atoms with Crippen LogP contribution in [0.2, 0.25) is 0 Å². The number of hydrogen-bond acceptors (Lipinski definition) is 5. The van der Waals surface area contributed by atoms with Crippen molar-refractivity contribution in [2.45, 2.75) is 32.8 Å². The summed E-state index contributed by atoms with van der Waals surface area (Å²) < 4.78 is 33.0. The number of urea groups is 2. The lowest BCUT2D eigenvalue weighted by Gasteiger charge is -2.41. The van der Waals surface area contributed by atoms with Crippen molar-refractivity contribution in [2.24, 2.45) is 0 Å². The first-order valence-electron chi connectivity index (χ1n) is 9.75. The van der Waals surface area contributed by atoms with Gasteiger partial charge in [-0.15, -0.1) is 0 Å². The molecule has 0 spiro atoms. The number of nitrogens with zero attached hydrogens (tertiary/aromatic N) is 2. The number of carbonyl (C=O) groups excluding carboxylic acids is 2. The highest BCUT2D eigenvalue weighted by Crippen LogP contribution is 2.24. The number of halogens is 2. The van der Waals surface area contributed by atoms with Crippen LogP contribution in [0.25, 0.3) is 0 Å². The van der Waals surface area contributed by atoms with Gasteiger partial charge in [-0.05, 0) is 43.7 Å². The minimum absolute atomic E-state index is 0.0377. The van der Waals surface area contributed by atoms with E-state index in [0.717, 1.165) is 4.90 Å². The lowest BCUT2D eigenvalue weighted by molar-refractivity contribution is 0.0992. The molecule has 0 aromatic heterocycles. The molecular weight excluding hydrogens is 410 g/mol. The minimum Gasteiger partial charge on any atom is -0.488 e. The Balaban J connectivity index is 1.84. The van der Waals surface area contributed by atoms with Gasteiger partial charge in [0, 0.05) is 11.8 Å². The van der Waals surface area contributed by atoms with E-state index in [0.29, 0.717) is 11.3 Å². The second-order valence-corrected chi connectivity index (χ2v) is 7.22. The summed E-state index contributed by atoms with van der Waals surface area (Å²) in [5.74, 6) is -0.932. The van der Waals surface area contributed by atoms with E-state index in [1.165, 1.54) is 41.3 Å². The maximum absolute atomic E-state index is 14.4. The molecule has 0 bridgehead atoms. The molecule has 10 heteroatoms.